The molecule has 0 bridgehead atoms. The van der Waals surface area contributed by atoms with Crippen LogP contribution in [0.25, 0.3) is 0 Å². The molecule has 0 saturated carbocycles. The third-order valence-electron chi connectivity index (χ3n) is 3.30. The summed E-state index contributed by atoms with van der Waals surface area (Å²) in [7, 11) is 3.26. The summed E-state index contributed by atoms with van der Waals surface area (Å²) < 4.78 is 14.4. The molecule has 1 aromatic carbocycles. The zero-order chi connectivity index (χ0) is 17.7. The summed E-state index contributed by atoms with van der Waals surface area (Å²) in [5.74, 6) is -0.309. The maximum absolute atomic E-state index is 12.3. The van der Waals surface area contributed by atoms with Gasteiger partial charge in [-0.05, 0) is 49.6 Å². The molecule has 0 aliphatic rings. The Kier molecular flexibility index (Phi) is 5.75. The molecular formula is C16H19N3O4S. The van der Waals surface area contributed by atoms with Gasteiger partial charge in [0.05, 0.1) is 12.8 Å². The topological polar surface area (TPSA) is 89.5 Å². The normalized spacial score (nSPS) is 11.5. The minimum atomic E-state index is -0.941. The van der Waals surface area contributed by atoms with Gasteiger partial charge in [0.25, 0.3) is 5.91 Å². The van der Waals surface area contributed by atoms with Crippen molar-refractivity contribution in [1.82, 2.24) is 4.37 Å². The Morgan fingerprint density at radius 2 is 1.92 bits per heavy atom. The number of benzene rings is 1. The van der Waals surface area contributed by atoms with E-state index in [1.54, 1.807) is 45.3 Å². The number of carbonyl (C=O) groups is 2. The van der Waals surface area contributed by atoms with Crippen molar-refractivity contribution in [3.63, 3.8) is 0 Å². The molecule has 0 unspecified atom stereocenters. The molecule has 8 heteroatoms. The zero-order valence-corrected chi connectivity index (χ0v) is 14.7. The number of nitrogens with one attached hydrogen (secondary N) is 2. The zero-order valence-electron chi connectivity index (χ0n) is 13.9. The lowest BCUT2D eigenvalue weighted by Crippen LogP contribution is -2.30. The number of rotatable bonds is 6. The quantitative estimate of drug-likeness (QED) is 0.780. The van der Waals surface area contributed by atoms with E-state index < -0.39 is 18.0 Å². The van der Waals surface area contributed by atoms with Gasteiger partial charge in [0.1, 0.15) is 16.3 Å². The Labute approximate surface area is 144 Å². The highest BCUT2D eigenvalue weighted by Crippen LogP contribution is 2.25. The summed E-state index contributed by atoms with van der Waals surface area (Å²) in [6.45, 7) is 3.24. The fourth-order valence-electron chi connectivity index (χ4n) is 1.97. The predicted octanol–water partition coefficient (Wildman–Crippen LogP) is 2.69. The molecule has 0 fully saturated rings. The third-order valence-corrected chi connectivity index (χ3v) is 4.26. The van der Waals surface area contributed by atoms with E-state index in [4.69, 9.17) is 9.47 Å². The van der Waals surface area contributed by atoms with Crippen molar-refractivity contribution in [3.05, 3.63) is 35.5 Å². The Morgan fingerprint density at radius 1 is 1.25 bits per heavy atom. The number of nitrogens with zero attached hydrogens (tertiary/aromatic N) is 1. The molecule has 1 heterocycles. The van der Waals surface area contributed by atoms with Crippen molar-refractivity contribution >= 4 is 34.1 Å². The molecule has 0 spiro atoms. The molecule has 0 saturated heterocycles. The van der Waals surface area contributed by atoms with Crippen LogP contribution in [0.4, 0.5) is 10.7 Å². The van der Waals surface area contributed by atoms with E-state index in [1.807, 2.05) is 0 Å². The average Bonchev–Trinajstić information content (AvgIpc) is 2.96. The van der Waals surface area contributed by atoms with E-state index in [1.165, 1.54) is 18.5 Å². The number of amides is 1. The molecule has 1 atom stereocenters. The van der Waals surface area contributed by atoms with Crippen molar-refractivity contribution in [1.29, 1.82) is 0 Å². The summed E-state index contributed by atoms with van der Waals surface area (Å²) >= 11 is 1.17. The lowest BCUT2D eigenvalue weighted by Gasteiger charge is -2.14. The third kappa shape index (κ3) is 4.02. The van der Waals surface area contributed by atoms with E-state index in [9.17, 15) is 9.59 Å². The molecular weight excluding hydrogens is 330 g/mol. The Hall–Kier alpha value is -2.61. The minimum absolute atomic E-state index is 0.353. The van der Waals surface area contributed by atoms with Gasteiger partial charge < -0.3 is 20.1 Å². The van der Waals surface area contributed by atoms with E-state index in [-0.39, 0.29) is 0 Å². The largest absolute Gasteiger partial charge is 0.497 e. The number of hydrogen-bond acceptors (Lipinski definition) is 7. The van der Waals surface area contributed by atoms with Crippen LogP contribution < -0.4 is 15.4 Å². The second-order valence-electron chi connectivity index (χ2n) is 4.99. The number of aromatic nitrogens is 1. The van der Waals surface area contributed by atoms with Gasteiger partial charge >= 0.3 is 5.97 Å². The van der Waals surface area contributed by atoms with Crippen LogP contribution in [0.3, 0.4) is 0 Å². The van der Waals surface area contributed by atoms with Crippen molar-refractivity contribution in [2.45, 2.75) is 20.0 Å². The van der Waals surface area contributed by atoms with Crippen LogP contribution >= 0.6 is 11.5 Å². The molecule has 2 rings (SSSR count). The number of ether oxygens (including phenoxy) is 2. The number of hydrogen-bond donors (Lipinski definition) is 2. The number of carbonyl (C=O) groups excluding carboxylic acids is 2. The first-order valence-electron chi connectivity index (χ1n) is 7.26. The first-order chi connectivity index (χ1) is 11.5. The summed E-state index contributed by atoms with van der Waals surface area (Å²) in [5, 5.41) is 6.19. The minimum Gasteiger partial charge on any atom is -0.497 e. The number of esters is 1. The monoisotopic (exact) mass is 349 g/mol. The van der Waals surface area contributed by atoms with Gasteiger partial charge in [-0.15, -0.1) is 0 Å². The summed E-state index contributed by atoms with van der Waals surface area (Å²) in [5.41, 5.74) is 1.51. The smallest absolute Gasteiger partial charge is 0.343 e. The van der Waals surface area contributed by atoms with E-state index >= 15 is 0 Å². The molecule has 1 amide bonds. The van der Waals surface area contributed by atoms with Crippen LogP contribution in [0, 0.1) is 6.92 Å². The fourth-order valence-corrected chi connectivity index (χ4v) is 2.71. The second-order valence-corrected chi connectivity index (χ2v) is 5.76. The van der Waals surface area contributed by atoms with Crippen LogP contribution in [0.2, 0.25) is 0 Å². The van der Waals surface area contributed by atoms with Crippen LogP contribution in [0.5, 0.6) is 5.75 Å². The van der Waals surface area contributed by atoms with Crippen LogP contribution in [-0.4, -0.2) is 36.5 Å². The van der Waals surface area contributed by atoms with Gasteiger partial charge in [-0.3, -0.25) is 4.79 Å². The van der Waals surface area contributed by atoms with E-state index in [2.05, 4.69) is 15.0 Å². The Balaban J connectivity index is 2.00. The second kappa shape index (κ2) is 7.78. The maximum Gasteiger partial charge on any atom is 0.343 e. The number of aryl methyl sites for hydroxylation is 1. The summed E-state index contributed by atoms with van der Waals surface area (Å²) in [6, 6.07) is 6.87. The molecule has 7 nitrogen and oxygen atoms in total. The van der Waals surface area contributed by atoms with Gasteiger partial charge in [-0.25, -0.2) is 4.79 Å². The Morgan fingerprint density at radius 3 is 2.50 bits per heavy atom. The van der Waals surface area contributed by atoms with Crippen LogP contribution in [0.1, 0.15) is 23.0 Å². The Bertz CT molecular complexity index is 727. The molecule has 0 aliphatic carbocycles. The van der Waals surface area contributed by atoms with Gasteiger partial charge in [0, 0.05) is 12.7 Å². The van der Waals surface area contributed by atoms with Crippen molar-refractivity contribution in [2.24, 2.45) is 0 Å². The molecule has 1 aromatic heterocycles. The standard InChI is InChI=1S/C16H19N3O4S/c1-9-13(15(17-3)24-19-9)16(21)23-10(2)14(20)18-11-5-7-12(22-4)8-6-11/h5-8,10,17H,1-4H3,(H,18,20)/t10-/m1/s1. The van der Waals surface area contributed by atoms with Crippen LogP contribution in [-0.2, 0) is 9.53 Å². The molecule has 128 valence electrons. The van der Waals surface area contributed by atoms with Gasteiger partial charge in [0.2, 0.25) is 0 Å². The van der Waals surface area contributed by atoms with Gasteiger partial charge in [0.15, 0.2) is 6.10 Å². The molecule has 0 radical (unpaired) electrons. The molecule has 2 N–H and O–H groups in total. The van der Waals surface area contributed by atoms with Crippen molar-refractivity contribution in [3.8, 4) is 5.75 Å². The predicted molar refractivity (Wildman–Crippen MR) is 92.9 cm³/mol. The number of anilines is 2. The fraction of sp³-hybridized carbons (Fsp3) is 0.312. The SMILES string of the molecule is CNc1snc(C)c1C(=O)O[C@H](C)C(=O)Nc1ccc(OC)cc1. The van der Waals surface area contributed by atoms with Crippen molar-refractivity contribution in [2.75, 3.05) is 24.8 Å². The van der Waals surface area contributed by atoms with Gasteiger partial charge in [-0.1, -0.05) is 0 Å². The summed E-state index contributed by atoms with van der Waals surface area (Å²) in [4.78, 5) is 24.4. The highest BCUT2D eigenvalue weighted by atomic mass is 32.1. The molecule has 24 heavy (non-hydrogen) atoms. The van der Waals surface area contributed by atoms with Gasteiger partial charge in [-0.2, -0.15) is 4.37 Å². The van der Waals surface area contributed by atoms with Crippen molar-refractivity contribution < 1.29 is 19.1 Å². The highest BCUT2D eigenvalue weighted by Gasteiger charge is 2.24. The first-order valence-corrected chi connectivity index (χ1v) is 8.03. The van der Waals surface area contributed by atoms with E-state index in [0.717, 1.165) is 0 Å². The summed E-state index contributed by atoms with van der Waals surface area (Å²) in [6.07, 6.45) is -0.941. The molecule has 0 aliphatic heterocycles. The molecule has 2 aromatic rings. The van der Waals surface area contributed by atoms with Crippen LogP contribution in [0.15, 0.2) is 24.3 Å². The lowest BCUT2D eigenvalue weighted by atomic mass is 10.2. The highest BCUT2D eigenvalue weighted by molar-refractivity contribution is 7.10. The average molecular weight is 349 g/mol. The number of methoxy groups -OCH3 is 1. The lowest BCUT2D eigenvalue weighted by molar-refractivity contribution is -0.123. The maximum atomic E-state index is 12.3. The van der Waals surface area contributed by atoms with E-state index in [0.29, 0.717) is 27.7 Å². The first kappa shape index (κ1) is 17.7.